The molecule has 2 aliphatic rings. The van der Waals surface area contributed by atoms with Gasteiger partial charge in [-0.15, -0.1) is 0 Å². The lowest BCUT2D eigenvalue weighted by Gasteiger charge is -2.35. The third kappa shape index (κ3) is 5.17. The van der Waals surface area contributed by atoms with Crippen LogP contribution >= 0.6 is 27.5 Å². The van der Waals surface area contributed by atoms with Gasteiger partial charge in [-0.3, -0.25) is 9.69 Å². The van der Waals surface area contributed by atoms with Crippen molar-refractivity contribution in [1.29, 1.82) is 0 Å². The summed E-state index contributed by atoms with van der Waals surface area (Å²) in [6, 6.07) is 10.4. The first-order valence-corrected chi connectivity index (χ1v) is 9.61. The van der Waals surface area contributed by atoms with Crippen LogP contribution in [0.1, 0.15) is 5.56 Å². The first-order valence-electron chi connectivity index (χ1n) is 8.44. The molecular formula is C19H22BrClN2O2. The van der Waals surface area contributed by atoms with Crippen LogP contribution in [0.3, 0.4) is 0 Å². The van der Waals surface area contributed by atoms with E-state index in [2.05, 4.69) is 45.1 Å². The maximum absolute atomic E-state index is 12.4. The van der Waals surface area contributed by atoms with Crippen molar-refractivity contribution < 1.29 is 9.53 Å². The Morgan fingerprint density at radius 1 is 1.20 bits per heavy atom. The normalized spacial score (nSPS) is 26.8. The third-order valence-corrected chi connectivity index (χ3v) is 5.51. The van der Waals surface area contributed by atoms with Crippen molar-refractivity contribution in [3.05, 3.63) is 60.2 Å². The standard InChI is InChI=1S/C19H22BrClN2O2/c20-19(21)9-5-4-8-17(19)25-15-18(24)23-12-10-22(11-13-23)14-16-6-2-1-3-7-16/h1-9,17H,10-15H2. The van der Waals surface area contributed by atoms with Gasteiger partial charge in [0.1, 0.15) is 16.5 Å². The number of amides is 1. The zero-order valence-electron chi connectivity index (χ0n) is 14.0. The Labute approximate surface area is 162 Å². The fourth-order valence-corrected chi connectivity index (χ4v) is 3.63. The number of benzene rings is 1. The molecule has 0 saturated carbocycles. The molecule has 0 aromatic heterocycles. The number of rotatable bonds is 5. The van der Waals surface area contributed by atoms with Gasteiger partial charge in [0, 0.05) is 32.7 Å². The molecule has 1 saturated heterocycles. The molecule has 1 amide bonds. The molecule has 1 aliphatic carbocycles. The summed E-state index contributed by atoms with van der Waals surface area (Å²) >= 11 is 9.74. The highest BCUT2D eigenvalue weighted by molar-refractivity contribution is 9.10. The van der Waals surface area contributed by atoms with Crippen LogP contribution in [0.15, 0.2) is 54.6 Å². The van der Waals surface area contributed by atoms with E-state index in [0.717, 1.165) is 32.7 Å². The Kier molecular flexibility index (Phi) is 6.34. The molecule has 134 valence electrons. The second-order valence-electron chi connectivity index (χ2n) is 6.29. The SMILES string of the molecule is O=C(COC1C=CC=CC1(Cl)Br)N1CCN(Cc2ccccc2)CC1. The van der Waals surface area contributed by atoms with E-state index in [1.807, 2.05) is 35.3 Å². The molecule has 0 spiro atoms. The highest BCUT2D eigenvalue weighted by Gasteiger charge is 2.33. The molecule has 25 heavy (non-hydrogen) atoms. The summed E-state index contributed by atoms with van der Waals surface area (Å²) < 4.78 is 4.93. The Morgan fingerprint density at radius 2 is 1.92 bits per heavy atom. The second-order valence-corrected chi connectivity index (χ2v) is 8.69. The number of ether oxygens (including phenoxy) is 1. The van der Waals surface area contributed by atoms with Crippen LogP contribution in [0.4, 0.5) is 0 Å². The first kappa shape index (κ1) is 18.6. The van der Waals surface area contributed by atoms with E-state index in [1.165, 1.54) is 5.56 Å². The molecule has 1 aromatic rings. The van der Waals surface area contributed by atoms with Gasteiger partial charge in [0.2, 0.25) is 5.91 Å². The Morgan fingerprint density at radius 3 is 2.60 bits per heavy atom. The van der Waals surface area contributed by atoms with Crippen molar-refractivity contribution >= 4 is 33.4 Å². The van der Waals surface area contributed by atoms with E-state index in [9.17, 15) is 4.79 Å². The van der Waals surface area contributed by atoms with Crippen molar-refractivity contribution in [2.75, 3.05) is 32.8 Å². The predicted octanol–water partition coefficient (Wildman–Crippen LogP) is 3.17. The van der Waals surface area contributed by atoms with E-state index < -0.39 is 3.78 Å². The predicted molar refractivity (Wildman–Crippen MR) is 104 cm³/mol. The monoisotopic (exact) mass is 424 g/mol. The van der Waals surface area contributed by atoms with Crippen LogP contribution in [0.25, 0.3) is 0 Å². The lowest BCUT2D eigenvalue weighted by atomic mass is 10.1. The van der Waals surface area contributed by atoms with Crippen LogP contribution in [0.2, 0.25) is 0 Å². The summed E-state index contributed by atoms with van der Waals surface area (Å²) in [5.41, 5.74) is 1.30. The largest absolute Gasteiger partial charge is 0.361 e. The number of hydrogen-bond acceptors (Lipinski definition) is 3. The van der Waals surface area contributed by atoms with Gasteiger partial charge in [-0.25, -0.2) is 0 Å². The van der Waals surface area contributed by atoms with Gasteiger partial charge in [0.25, 0.3) is 0 Å². The number of piperazine rings is 1. The fraction of sp³-hybridized carbons (Fsp3) is 0.421. The molecule has 4 nitrogen and oxygen atoms in total. The summed E-state index contributed by atoms with van der Waals surface area (Å²) in [6.07, 6.45) is 7.04. The van der Waals surface area contributed by atoms with E-state index in [4.69, 9.17) is 16.3 Å². The number of carbonyl (C=O) groups excluding carboxylic acids is 1. The van der Waals surface area contributed by atoms with Crippen molar-refractivity contribution in [3.63, 3.8) is 0 Å². The highest BCUT2D eigenvalue weighted by Crippen LogP contribution is 2.34. The second kappa shape index (κ2) is 8.49. The van der Waals surface area contributed by atoms with Gasteiger partial charge in [-0.05, 0) is 5.56 Å². The molecule has 0 N–H and O–H groups in total. The molecule has 1 fully saturated rings. The van der Waals surface area contributed by atoms with Gasteiger partial charge in [0.05, 0.1) is 0 Å². The molecule has 1 aliphatic heterocycles. The van der Waals surface area contributed by atoms with Crippen LogP contribution in [0, 0.1) is 0 Å². The van der Waals surface area contributed by atoms with Gasteiger partial charge >= 0.3 is 0 Å². The Bertz CT molecular complexity index is 640. The molecule has 2 unspecified atom stereocenters. The van der Waals surface area contributed by atoms with Crippen molar-refractivity contribution in [2.45, 2.75) is 16.4 Å². The number of halogens is 2. The van der Waals surface area contributed by atoms with Gasteiger partial charge in [0.15, 0.2) is 0 Å². The smallest absolute Gasteiger partial charge is 0.248 e. The maximum atomic E-state index is 12.4. The molecule has 2 atom stereocenters. The van der Waals surface area contributed by atoms with E-state index in [-0.39, 0.29) is 18.6 Å². The van der Waals surface area contributed by atoms with Gasteiger partial charge < -0.3 is 9.64 Å². The third-order valence-electron chi connectivity index (χ3n) is 4.46. The van der Waals surface area contributed by atoms with E-state index in [0.29, 0.717) is 0 Å². The molecule has 3 rings (SSSR count). The van der Waals surface area contributed by atoms with Gasteiger partial charge in [-0.2, -0.15) is 0 Å². The quantitative estimate of drug-likeness (QED) is 0.679. The van der Waals surface area contributed by atoms with Crippen LogP contribution < -0.4 is 0 Å². The van der Waals surface area contributed by atoms with E-state index >= 15 is 0 Å². The molecule has 0 bridgehead atoms. The molecule has 6 heteroatoms. The van der Waals surface area contributed by atoms with Crippen molar-refractivity contribution in [1.82, 2.24) is 9.80 Å². The summed E-state index contributed by atoms with van der Waals surface area (Å²) in [6.45, 7) is 4.19. The van der Waals surface area contributed by atoms with Crippen molar-refractivity contribution in [2.24, 2.45) is 0 Å². The summed E-state index contributed by atoms with van der Waals surface area (Å²) in [5, 5.41) is 0. The molecular weight excluding hydrogens is 404 g/mol. The van der Waals surface area contributed by atoms with Gasteiger partial charge in [-0.1, -0.05) is 82.2 Å². The molecule has 1 aromatic carbocycles. The average Bonchev–Trinajstić information content (AvgIpc) is 2.62. The number of nitrogens with zero attached hydrogens (tertiary/aromatic N) is 2. The first-order chi connectivity index (χ1) is 12.0. The zero-order chi connectivity index (χ0) is 17.7. The van der Waals surface area contributed by atoms with E-state index in [1.54, 1.807) is 0 Å². The topological polar surface area (TPSA) is 32.8 Å². The fourth-order valence-electron chi connectivity index (χ4n) is 2.99. The van der Waals surface area contributed by atoms with Crippen LogP contribution in [-0.2, 0) is 16.1 Å². The number of alkyl halides is 2. The summed E-state index contributed by atoms with van der Waals surface area (Å²) in [7, 11) is 0. The zero-order valence-corrected chi connectivity index (χ0v) is 16.3. The summed E-state index contributed by atoms with van der Waals surface area (Å²) in [4.78, 5) is 16.6. The lowest BCUT2D eigenvalue weighted by Crippen LogP contribution is -2.49. The van der Waals surface area contributed by atoms with Crippen LogP contribution in [0.5, 0.6) is 0 Å². The summed E-state index contributed by atoms with van der Waals surface area (Å²) in [5.74, 6) is 0.0160. The number of allylic oxidation sites excluding steroid dienone is 2. The Hall–Kier alpha value is -1.14. The average molecular weight is 426 g/mol. The minimum atomic E-state index is -0.781. The lowest BCUT2D eigenvalue weighted by molar-refractivity contribution is -0.139. The minimum absolute atomic E-state index is 0.0160. The number of hydrogen-bond donors (Lipinski definition) is 0. The molecule has 1 heterocycles. The Balaban J connectivity index is 1.42. The maximum Gasteiger partial charge on any atom is 0.248 e. The number of carbonyl (C=O) groups is 1. The van der Waals surface area contributed by atoms with Crippen LogP contribution in [-0.4, -0.2) is 58.4 Å². The molecule has 0 radical (unpaired) electrons. The highest BCUT2D eigenvalue weighted by atomic mass is 79.9. The minimum Gasteiger partial charge on any atom is -0.361 e. The van der Waals surface area contributed by atoms with Crippen molar-refractivity contribution in [3.8, 4) is 0 Å².